The summed E-state index contributed by atoms with van der Waals surface area (Å²) in [6.45, 7) is 2.64. The summed E-state index contributed by atoms with van der Waals surface area (Å²) < 4.78 is 10.3. The third kappa shape index (κ3) is 5.06. The molecule has 0 unspecified atom stereocenters. The number of hydrogen-bond donors (Lipinski definition) is 1. The lowest BCUT2D eigenvalue weighted by Gasteiger charge is -2.14. The van der Waals surface area contributed by atoms with Crippen LogP contribution in [-0.4, -0.2) is 32.3 Å². The Hall–Kier alpha value is -1.26. The average molecular weight is 258 g/mol. The van der Waals surface area contributed by atoms with Crippen LogP contribution in [0.25, 0.3) is 0 Å². The standard InChI is InChI=1S/C12H16ClNO3/c1-9(12(15)14-6-7-16-2)17-11-5-3-4-10(13)8-11/h3-5,8-9H,6-7H2,1-2H3,(H,14,15)/t9-/m0/s1. The van der Waals surface area contributed by atoms with Gasteiger partial charge >= 0.3 is 0 Å². The van der Waals surface area contributed by atoms with Gasteiger partial charge in [-0.25, -0.2) is 0 Å². The van der Waals surface area contributed by atoms with Crippen molar-refractivity contribution < 1.29 is 14.3 Å². The molecule has 0 bridgehead atoms. The van der Waals surface area contributed by atoms with Crippen LogP contribution in [0.4, 0.5) is 0 Å². The Bertz CT molecular complexity index is 371. The van der Waals surface area contributed by atoms with Gasteiger partial charge in [0.25, 0.3) is 5.91 Å². The van der Waals surface area contributed by atoms with E-state index >= 15 is 0 Å². The quantitative estimate of drug-likeness (QED) is 0.792. The van der Waals surface area contributed by atoms with E-state index in [0.717, 1.165) is 0 Å². The minimum Gasteiger partial charge on any atom is -0.481 e. The van der Waals surface area contributed by atoms with Crippen LogP contribution in [0.15, 0.2) is 24.3 Å². The van der Waals surface area contributed by atoms with Crippen LogP contribution < -0.4 is 10.1 Å². The van der Waals surface area contributed by atoms with Gasteiger partial charge in [0.05, 0.1) is 6.61 Å². The van der Waals surface area contributed by atoms with E-state index in [0.29, 0.717) is 23.9 Å². The van der Waals surface area contributed by atoms with Gasteiger partial charge in [-0.05, 0) is 25.1 Å². The van der Waals surface area contributed by atoms with Crippen molar-refractivity contribution in [2.45, 2.75) is 13.0 Å². The maximum atomic E-state index is 11.6. The number of hydrogen-bond acceptors (Lipinski definition) is 3. The molecule has 1 aromatic rings. The van der Waals surface area contributed by atoms with Gasteiger partial charge in [-0.15, -0.1) is 0 Å². The van der Waals surface area contributed by atoms with Crippen molar-refractivity contribution in [3.63, 3.8) is 0 Å². The first-order valence-corrected chi connectivity index (χ1v) is 5.70. The second kappa shape index (κ2) is 7.14. The summed E-state index contributed by atoms with van der Waals surface area (Å²) in [5, 5.41) is 3.27. The fourth-order valence-electron chi connectivity index (χ4n) is 1.22. The van der Waals surface area contributed by atoms with Crippen molar-refractivity contribution in [2.24, 2.45) is 0 Å². The molecular weight excluding hydrogens is 242 g/mol. The topological polar surface area (TPSA) is 47.6 Å². The fraction of sp³-hybridized carbons (Fsp3) is 0.417. The Labute approximate surface area is 106 Å². The van der Waals surface area contributed by atoms with E-state index in [1.165, 1.54) is 0 Å². The molecule has 0 radical (unpaired) electrons. The molecule has 0 spiro atoms. The monoisotopic (exact) mass is 257 g/mol. The molecule has 5 heteroatoms. The molecule has 17 heavy (non-hydrogen) atoms. The van der Waals surface area contributed by atoms with Crippen molar-refractivity contribution in [3.8, 4) is 5.75 Å². The molecule has 0 aliphatic rings. The second-order valence-electron chi connectivity index (χ2n) is 3.50. The highest BCUT2D eigenvalue weighted by molar-refractivity contribution is 6.30. The molecule has 0 saturated carbocycles. The molecule has 0 heterocycles. The molecule has 1 rings (SSSR count). The Morgan fingerprint density at radius 2 is 2.29 bits per heavy atom. The lowest BCUT2D eigenvalue weighted by atomic mass is 10.3. The minimum absolute atomic E-state index is 0.179. The molecule has 1 N–H and O–H groups in total. The fourth-order valence-corrected chi connectivity index (χ4v) is 1.40. The number of amides is 1. The van der Waals surface area contributed by atoms with Crippen molar-refractivity contribution >= 4 is 17.5 Å². The number of methoxy groups -OCH3 is 1. The number of carbonyl (C=O) groups is 1. The zero-order valence-corrected chi connectivity index (χ0v) is 10.7. The average Bonchev–Trinajstić information content (AvgIpc) is 2.29. The summed E-state index contributed by atoms with van der Waals surface area (Å²) in [6.07, 6.45) is -0.565. The first-order chi connectivity index (χ1) is 8.13. The lowest BCUT2D eigenvalue weighted by molar-refractivity contribution is -0.127. The molecule has 1 aromatic carbocycles. The molecular formula is C12H16ClNO3. The normalized spacial score (nSPS) is 11.9. The number of ether oxygens (including phenoxy) is 2. The summed E-state index contributed by atoms with van der Waals surface area (Å²) in [7, 11) is 1.58. The molecule has 0 aliphatic carbocycles. The Balaban J connectivity index is 2.43. The Morgan fingerprint density at radius 3 is 2.94 bits per heavy atom. The molecule has 0 saturated heterocycles. The minimum atomic E-state index is -0.565. The van der Waals surface area contributed by atoms with E-state index in [1.807, 2.05) is 0 Å². The predicted molar refractivity (Wildman–Crippen MR) is 66.4 cm³/mol. The lowest BCUT2D eigenvalue weighted by Crippen LogP contribution is -2.37. The third-order valence-electron chi connectivity index (χ3n) is 2.08. The molecule has 0 aliphatic heterocycles. The van der Waals surface area contributed by atoms with Crippen LogP contribution >= 0.6 is 11.6 Å². The SMILES string of the molecule is COCCNC(=O)[C@H](C)Oc1cccc(Cl)c1. The van der Waals surface area contributed by atoms with E-state index in [-0.39, 0.29) is 5.91 Å². The Kier molecular flexibility index (Phi) is 5.80. The molecule has 94 valence electrons. The number of halogens is 1. The molecule has 1 atom stereocenters. The van der Waals surface area contributed by atoms with Crippen LogP contribution in [0.1, 0.15) is 6.92 Å². The summed E-state index contributed by atoms with van der Waals surface area (Å²) in [5.74, 6) is 0.397. The number of benzene rings is 1. The number of rotatable bonds is 6. The Morgan fingerprint density at radius 1 is 1.53 bits per heavy atom. The third-order valence-corrected chi connectivity index (χ3v) is 2.32. The number of carbonyl (C=O) groups excluding carboxylic acids is 1. The van der Waals surface area contributed by atoms with Crippen molar-refractivity contribution in [1.29, 1.82) is 0 Å². The van der Waals surface area contributed by atoms with Gasteiger partial charge in [-0.3, -0.25) is 4.79 Å². The zero-order valence-electron chi connectivity index (χ0n) is 9.90. The predicted octanol–water partition coefficient (Wildman–Crippen LogP) is 1.87. The highest BCUT2D eigenvalue weighted by Crippen LogP contribution is 2.18. The van der Waals surface area contributed by atoms with Gasteiger partial charge in [0, 0.05) is 18.7 Å². The second-order valence-corrected chi connectivity index (χ2v) is 3.94. The summed E-state index contributed by atoms with van der Waals surface area (Å²) in [5.41, 5.74) is 0. The smallest absolute Gasteiger partial charge is 0.260 e. The van der Waals surface area contributed by atoms with Gasteiger partial charge in [-0.1, -0.05) is 17.7 Å². The zero-order chi connectivity index (χ0) is 12.7. The van der Waals surface area contributed by atoms with Crippen LogP contribution in [0.3, 0.4) is 0 Å². The molecule has 1 amide bonds. The highest BCUT2D eigenvalue weighted by atomic mass is 35.5. The van der Waals surface area contributed by atoms with Gasteiger partial charge in [0.15, 0.2) is 6.10 Å². The van der Waals surface area contributed by atoms with Crippen molar-refractivity contribution in [1.82, 2.24) is 5.32 Å². The van der Waals surface area contributed by atoms with Gasteiger partial charge in [0.2, 0.25) is 0 Å². The van der Waals surface area contributed by atoms with Crippen LogP contribution in [0, 0.1) is 0 Å². The maximum Gasteiger partial charge on any atom is 0.260 e. The van der Waals surface area contributed by atoms with E-state index < -0.39 is 6.10 Å². The van der Waals surface area contributed by atoms with Gasteiger partial charge in [0.1, 0.15) is 5.75 Å². The molecule has 0 aromatic heterocycles. The number of nitrogens with one attached hydrogen (secondary N) is 1. The van der Waals surface area contributed by atoms with E-state index in [2.05, 4.69) is 5.32 Å². The van der Waals surface area contributed by atoms with Crippen LogP contribution in [0.2, 0.25) is 5.02 Å². The summed E-state index contributed by atoms with van der Waals surface area (Å²) in [6, 6.07) is 6.94. The summed E-state index contributed by atoms with van der Waals surface area (Å²) >= 11 is 5.81. The van der Waals surface area contributed by atoms with Crippen molar-refractivity contribution in [2.75, 3.05) is 20.3 Å². The van der Waals surface area contributed by atoms with Crippen LogP contribution in [0.5, 0.6) is 5.75 Å². The van der Waals surface area contributed by atoms with Gasteiger partial charge < -0.3 is 14.8 Å². The van der Waals surface area contributed by atoms with Gasteiger partial charge in [-0.2, -0.15) is 0 Å². The summed E-state index contributed by atoms with van der Waals surface area (Å²) in [4.78, 5) is 11.6. The van der Waals surface area contributed by atoms with Crippen molar-refractivity contribution in [3.05, 3.63) is 29.3 Å². The van der Waals surface area contributed by atoms with E-state index in [1.54, 1.807) is 38.3 Å². The van der Waals surface area contributed by atoms with Crippen LogP contribution in [-0.2, 0) is 9.53 Å². The van der Waals surface area contributed by atoms with E-state index in [9.17, 15) is 4.79 Å². The molecule has 0 fully saturated rings. The first-order valence-electron chi connectivity index (χ1n) is 5.32. The molecule has 4 nitrogen and oxygen atoms in total. The van der Waals surface area contributed by atoms with E-state index in [4.69, 9.17) is 21.1 Å². The largest absolute Gasteiger partial charge is 0.481 e. The maximum absolute atomic E-state index is 11.6. The first kappa shape index (κ1) is 13.8. The highest BCUT2D eigenvalue weighted by Gasteiger charge is 2.13.